The molecule has 3 rings (SSSR count). The number of amides is 1. The summed E-state index contributed by atoms with van der Waals surface area (Å²) in [6, 6.07) is 9.34. The van der Waals surface area contributed by atoms with Crippen LogP contribution in [0.1, 0.15) is 12.1 Å². The number of hydrogen-bond donors (Lipinski definition) is 0. The second-order valence-corrected chi connectivity index (χ2v) is 3.86. The van der Waals surface area contributed by atoms with Gasteiger partial charge in [0.25, 0.3) is 5.91 Å². The molecular weight excluding hydrogens is 228 g/mol. The molecule has 5 heteroatoms. The molecule has 5 nitrogen and oxygen atoms in total. The molecule has 0 spiro atoms. The molecule has 2 heterocycles. The number of aromatic nitrogens is 2. The molecule has 1 aliphatic rings. The number of nitrogens with zero attached hydrogens (tertiary/aromatic N) is 4. The molecule has 2 aromatic rings. The second kappa shape index (κ2) is 4.37. The number of rotatable bonds is 2. The average molecular weight is 238 g/mol. The zero-order chi connectivity index (χ0) is 12.4. The monoisotopic (exact) mass is 238 g/mol. The predicted molar refractivity (Wildman–Crippen MR) is 67.1 cm³/mol. The smallest absolute Gasteiger partial charge is 0.253 e. The van der Waals surface area contributed by atoms with E-state index in [9.17, 15) is 4.79 Å². The minimum absolute atomic E-state index is 0.0538. The maximum Gasteiger partial charge on any atom is 0.253 e. The quantitative estimate of drug-likeness (QED) is 0.798. The maximum absolute atomic E-state index is 11.9. The highest BCUT2D eigenvalue weighted by Gasteiger charge is 2.26. The first-order valence-electron chi connectivity index (χ1n) is 5.56. The molecule has 0 aliphatic carbocycles. The molecule has 0 saturated heterocycles. The summed E-state index contributed by atoms with van der Waals surface area (Å²) < 4.78 is 0. The lowest BCUT2D eigenvalue weighted by molar-refractivity contribution is -0.116. The molecule has 0 fully saturated rings. The van der Waals surface area contributed by atoms with Gasteiger partial charge in [0, 0.05) is 12.4 Å². The summed E-state index contributed by atoms with van der Waals surface area (Å²) in [5, 5.41) is 5.71. The molecule has 0 atom stereocenters. The molecule has 18 heavy (non-hydrogen) atoms. The minimum Gasteiger partial charge on any atom is -0.272 e. The fourth-order valence-electron chi connectivity index (χ4n) is 1.79. The van der Waals surface area contributed by atoms with Gasteiger partial charge in [-0.15, -0.1) is 0 Å². The summed E-state index contributed by atoms with van der Waals surface area (Å²) in [6.45, 7) is 0. The molecule has 0 unspecified atom stereocenters. The van der Waals surface area contributed by atoms with E-state index in [0.717, 1.165) is 5.69 Å². The molecule has 0 saturated carbocycles. The Kier molecular flexibility index (Phi) is 2.57. The molecule has 1 aliphatic heterocycles. The second-order valence-electron chi connectivity index (χ2n) is 3.86. The first-order valence-corrected chi connectivity index (χ1v) is 5.56. The molecule has 88 valence electrons. The van der Waals surface area contributed by atoms with Crippen LogP contribution in [-0.2, 0) is 4.79 Å². The van der Waals surface area contributed by atoms with Gasteiger partial charge < -0.3 is 0 Å². The van der Waals surface area contributed by atoms with E-state index in [-0.39, 0.29) is 12.3 Å². The summed E-state index contributed by atoms with van der Waals surface area (Å²) in [5.74, 6) is -0.0538. The van der Waals surface area contributed by atoms with E-state index in [1.807, 2.05) is 30.3 Å². The Bertz CT molecular complexity index is 595. The van der Waals surface area contributed by atoms with Crippen LogP contribution in [0.2, 0.25) is 0 Å². The van der Waals surface area contributed by atoms with Gasteiger partial charge in [-0.25, -0.2) is 5.01 Å². The lowest BCUT2D eigenvalue weighted by Crippen LogP contribution is -2.19. The van der Waals surface area contributed by atoms with Gasteiger partial charge in [0.05, 0.1) is 24.0 Å². The summed E-state index contributed by atoms with van der Waals surface area (Å²) in [7, 11) is 0. The average Bonchev–Trinajstić information content (AvgIpc) is 2.83. The van der Waals surface area contributed by atoms with Gasteiger partial charge in [0.15, 0.2) is 0 Å². The van der Waals surface area contributed by atoms with E-state index in [1.54, 1.807) is 18.6 Å². The van der Waals surface area contributed by atoms with Crippen molar-refractivity contribution in [2.75, 3.05) is 5.01 Å². The van der Waals surface area contributed by atoms with E-state index in [0.29, 0.717) is 11.4 Å². The van der Waals surface area contributed by atoms with Crippen LogP contribution in [0.3, 0.4) is 0 Å². The van der Waals surface area contributed by atoms with E-state index >= 15 is 0 Å². The fraction of sp³-hybridized carbons (Fsp3) is 0.0769. The van der Waals surface area contributed by atoms with Gasteiger partial charge in [0.1, 0.15) is 5.69 Å². The van der Waals surface area contributed by atoms with Crippen molar-refractivity contribution in [3.8, 4) is 0 Å². The molecule has 0 N–H and O–H groups in total. The van der Waals surface area contributed by atoms with Crippen molar-refractivity contribution in [2.45, 2.75) is 6.42 Å². The highest BCUT2D eigenvalue weighted by atomic mass is 16.2. The minimum atomic E-state index is -0.0538. The number of hydrogen-bond acceptors (Lipinski definition) is 4. The normalized spacial score (nSPS) is 14.8. The molecule has 0 radical (unpaired) electrons. The standard InChI is InChI=1S/C13H10N4O/c18-13-8-11(12-9-14-6-7-15-12)16-17(13)10-4-2-1-3-5-10/h1-7,9H,8H2. The Morgan fingerprint density at radius 2 is 1.94 bits per heavy atom. The first kappa shape index (κ1) is 10.6. The van der Waals surface area contributed by atoms with E-state index < -0.39 is 0 Å². The van der Waals surface area contributed by atoms with Crippen molar-refractivity contribution in [2.24, 2.45) is 5.10 Å². The van der Waals surface area contributed by atoms with Crippen LogP contribution in [0, 0.1) is 0 Å². The third-order valence-electron chi connectivity index (χ3n) is 2.64. The number of hydrazone groups is 1. The third kappa shape index (κ3) is 1.86. The Morgan fingerprint density at radius 1 is 1.11 bits per heavy atom. The van der Waals surface area contributed by atoms with Crippen LogP contribution in [0.4, 0.5) is 5.69 Å². The van der Waals surface area contributed by atoms with Crippen LogP contribution >= 0.6 is 0 Å². The number of carbonyl (C=O) groups is 1. The molecule has 1 aromatic carbocycles. The molecule has 0 bridgehead atoms. The van der Waals surface area contributed by atoms with Gasteiger partial charge in [-0.3, -0.25) is 14.8 Å². The van der Waals surface area contributed by atoms with Crippen LogP contribution in [0.25, 0.3) is 0 Å². The highest BCUT2D eigenvalue weighted by Crippen LogP contribution is 2.21. The van der Waals surface area contributed by atoms with Crippen molar-refractivity contribution in [3.05, 3.63) is 54.6 Å². The summed E-state index contributed by atoms with van der Waals surface area (Å²) in [6.07, 6.45) is 5.05. The van der Waals surface area contributed by atoms with E-state index in [4.69, 9.17) is 0 Å². The zero-order valence-electron chi connectivity index (χ0n) is 9.52. The largest absolute Gasteiger partial charge is 0.272 e. The van der Waals surface area contributed by atoms with Crippen molar-refractivity contribution in [3.63, 3.8) is 0 Å². The van der Waals surface area contributed by atoms with Crippen LogP contribution in [-0.4, -0.2) is 21.6 Å². The summed E-state index contributed by atoms with van der Waals surface area (Å²) in [5.41, 5.74) is 2.06. The van der Waals surface area contributed by atoms with Crippen molar-refractivity contribution in [1.29, 1.82) is 0 Å². The lowest BCUT2D eigenvalue weighted by Gasteiger charge is -2.10. The van der Waals surface area contributed by atoms with Crippen molar-refractivity contribution >= 4 is 17.3 Å². The van der Waals surface area contributed by atoms with Gasteiger partial charge in [-0.05, 0) is 12.1 Å². The lowest BCUT2D eigenvalue weighted by atomic mass is 10.2. The predicted octanol–water partition coefficient (Wildman–Crippen LogP) is 1.62. The van der Waals surface area contributed by atoms with Crippen LogP contribution < -0.4 is 5.01 Å². The summed E-state index contributed by atoms with van der Waals surface area (Å²) >= 11 is 0. The van der Waals surface area contributed by atoms with Gasteiger partial charge in [-0.2, -0.15) is 5.10 Å². The Hall–Kier alpha value is -2.56. The molecule has 1 amide bonds. The Labute approximate surface area is 104 Å². The number of carbonyl (C=O) groups excluding carboxylic acids is 1. The van der Waals surface area contributed by atoms with Gasteiger partial charge in [-0.1, -0.05) is 18.2 Å². The van der Waals surface area contributed by atoms with Gasteiger partial charge >= 0.3 is 0 Å². The maximum atomic E-state index is 11.9. The van der Waals surface area contributed by atoms with Crippen molar-refractivity contribution < 1.29 is 4.79 Å². The SMILES string of the molecule is O=C1CC(c2cnccn2)=NN1c1ccccc1. The van der Waals surface area contributed by atoms with Crippen LogP contribution in [0.5, 0.6) is 0 Å². The molecule has 1 aromatic heterocycles. The van der Waals surface area contributed by atoms with Crippen LogP contribution in [0.15, 0.2) is 54.0 Å². The third-order valence-corrected chi connectivity index (χ3v) is 2.64. The van der Waals surface area contributed by atoms with Gasteiger partial charge in [0.2, 0.25) is 0 Å². The van der Waals surface area contributed by atoms with Crippen molar-refractivity contribution in [1.82, 2.24) is 9.97 Å². The Balaban J connectivity index is 1.95. The van der Waals surface area contributed by atoms with E-state index in [1.165, 1.54) is 5.01 Å². The number of anilines is 1. The Morgan fingerprint density at radius 3 is 2.67 bits per heavy atom. The summed E-state index contributed by atoms with van der Waals surface area (Å²) in [4.78, 5) is 20.1. The molecular formula is C13H10N4O. The number of benzene rings is 1. The topological polar surface area (TPSA) is 58.5 Å². The first-order chi connectivity index (χ1) is 8.84. The zero-order valence-corrected chi connectivity index (χ0v) is 9.52. The number of para-hydroxylation sites is 1. The fourth-order valence-corrected chi connectivity index (χ4v) is 1.79. The highest BCUT2D eigenvalue weighted by molar-refractivity contribution is 6.18. The van der Waals surface area contributed by atoms with E-state index in [2.05, 4.69) is 15.1 Å².